The molecule has 0 fully saturated rings. The summed E-state index contributed by atoms with van der Waals surface area (Å²) in [6, 6.07) is 12.9. The number of aromatic nitrogens is 2. The normalized spacial score (nSPS) is 11.1. The fraction of sp³-hybridized carbons (Fsp3) is 0.188. The molecule has 1 aromatic carbocycles. The summed E-state index contributed by atoms with van der Waals surface area (Å²) in [5, 5.41) is 0. The smallest absolute Gasteiger partial charge is 0.0994 e. The molecule has 0 saturated heterocycles. The summed E-state index contributed by atoms with van der Waals surface area (Å²) >= 11 is 0. The highest BCUT2D eigenvalue weighted by Crippen LogP contribution is 2.23. The van der Waals surface area contributed by atoms with E-state index in [9.17, 15) is 0 Å². The maximum Gasteiger partial charge on any atom is 0.0994 e. The van der Waals surface area contributed by atoms with Crippen molar-refractivity contribution in [2.75, 3.05) is 0 Å². The summed E-state index contributed by atoms with van der Waals surface area (Å²) in [5.41, 5.74) is 11.5. The summed E-state index contributed by atoms with van der Waals surface area (Å²) in [6.07, 6.45) is 4.99. The van der Waals surface area contributed by atoms with Gasteiger partial charge in [-0.25, -0.2) is 4.98 Å². The van der Waals surface area contributed by atoms with Crippen LogP contribution in [0.3, 0.4) is 0 Å². The Kier molecular flexibility index (Phi) is 3.05. The van der Waals surface area contributed by atoms with Crippen molar-refractivity contribution in [2.24, 2.45) is 5.73 Å². The van der Waals surface area contributed by atoms with Crippen LogP contribution >= 0.6 is 0 Å². The van der Waals surface area contributed by atoms with Gasteiger partial charge in [-0.1, -0.05) is 31.2 Å². The van der Waals surface area contributed by atoms with Gasteiger partial charge in [-0.2, -0.15) is 0 Å². The molecule has 2 N–H and O–H groups in total. The number of nitrogens with zero attached hydrogens (tertiary/aromatic N) is 2. The van der Waals surface area contributed by atoms with Gasteiger partial charge in [0.05, 0.1) is 12.0 Å². The second kappa shape index (κ2) is 4.86. The molecule has 3 rings (SSSR count). The molecule has 0 atom stereocenters. The lowest BCUT2D eigenvalue weighted by atomic mass is 10.1. The topological polar surface area (TPSA) is 43.3 Å². The number of rotatable bonds is 3. The highest BCUT2D eigenvalue weighted by atomic mass is 14.9. The second-order valence-corrected chi connectivity index (χ2v) is 4.70. The van der Waals surface area contributed by atoms with Gasteiger partial charge < -0.3 is 10.1 Å². The minimum absolute atomic E-state index is 0.474. The van der Waals surface area contributed by atoms with Gasteiger partial charge in [0.2, 0.25) is 0 Å². The van der Waals surface area contributed by atoms with E-state index in [4.69, 9.17) is 5.73 Å². The first-order valence-corrected chi connectivity index (χ1v) is 6.56. The summed E-state index contributed by atoms with van der Waals surface area (Å²) in [6.45, 7) is 2.64. The third kappa shape index (κ3) is 2.25. The van der Waals surface area contributed by atoms with E-state index in [1.807, 2.05) is 16.8 Å². The zero-order valence-electron chi connectivity index (χ0n) is 11.0. The monoisotopic (exact) mass is 251 g/mol. The molecule has 0 radical (unpaired) electrons. The second-order valence-electron chi connectivity index (χ2n) is 4.70. The lowest BCUT2D eigenvalue weighted by Crippen LogP contribution is -2.00. The minimum atomic E-state index is 0.474. The zero-order valence-corrected chi connectivity index (χ0v) is 11.0. The van der Waals surface area contributed by atoms with Gasteiger partial charge in [0.1, 0.15) is 0 Å². The summed E-state index contributed by atoms with van der Waals surface area (Å²) < 4.78 is 2.03. The molecule has 0 aliphatic rings. The van der Waals surface area contributed by atoms with Crippen LogP contribution in [0.2, 0.25) is 0 Å². The molecule has 0 bridgehead atoms. The van der Waals surface area contributed by atoms with E-state index >= 15 is 0 Å². The van der Waals surface area contributed by atoms with E-state index in [1.165, 1.54) is 16.7 Å². The van der Waals surface area contributed by atoms with E-state index < -0.39 is 0 Å². The van der Waals surface area contributed by atoms with Crippen LogP contribution in [-0.4, -0.2) is 9.38 Å². The molecule has 19 heavy (non-hydrogen) atoms. The van der Waals surface area contributed by atoms with Gasteiger partial charge in [-0.15, -0.1) is 0 Å². The zero-order chi connectivity index (χ0) is 13.2. The first-order valence-electron chi connectivity index (χ1n) is 6.56. The van der Waals surface area contributed by atoms with Gasteiger partial charge in [0.15, 0.2) is 0 Å². The SMILES string of the molecule is CCc1ccc(-c2cc3cc(CN)ncn3c2)cc1. The molecule has 3 aromatic rings. The Morgan fingerprint density at radius 1 is 1.11 bits per heavy atom. The fourth-order valence-electron chi connectivity index (χ4n) is 2.26. The van der Waals surface area contributed by atoms with Crippen molar-refractivity contribution in [3.63, 3.8) is 0 Å². The van der Waals surface area contributed by atoms with Crippen molar-refractivity contribution in [1.29, 1.82) is 0 Å². The van der Waals surface area contributed by atoms with Crippen LogP contribution in [0.1, 0.15) is 18.2 Å². The average molecular weight is 251 g/mol. The summed E-state index contributed by atoms with van der Waals surface area (Å²) in [4.78, 5) is 4.30. The van der Waals surface area contributed by atoms with Crippen LogP contribution in [-0.2, 0) is 13.0 Å². The Labute approximate surface area is 112 Å². The average Bonchev–Trinajstić information content (AvgIpc) is 2.90. The van der Waals surface area contributed by atoms with Crippen molar-refractivity contribution in [2.45, 2.75) is 19.9 Å². The molecule has 3 heteroatoms. The molecule has 0 spiro atoms. The molecule has 3 nitrogen and oxygen atoms in total. The molecular weight excluding hydrogens is 234 g/mol. The molecular formula is C16H17N3. The van der Waals surface area contributed by atoms with Crippen LogP contribution in [0.5, 0.6) is 0 Å². The standard InChI is InChI=1S/C16H17N3/c1-2-12-3-5-13(6-4-12)14-7-16-8-15(9-17)18-11-19(16)10-14/h3-8,10-11H,2,9,17H2,1H3. The number of benzene rings is 1. The number of nitrogens with two attached hydrogens (primary N) is 1. The molecule has 0 amide bonds. The molecule has 0 aliphatic carbocycles. The van der Waals surface area contributed by atoms with Crippen LogP contribution in [0.25, 0.3) is 16.6 Å². The summed E-state index contributed by atoms with van der Waals surface area (Å²) in [7, 11) is 0. The van der Waals surface area contributed by atoms with Crippen molar-refractivity contribution >= 4 is 5.52 Å². The van der Waals surface area contributed by atoms with E-state index in [1.54, 1.807) is 0 Å². The molecule has 0 aliphatic heterocycles. The molecule has 0 saturated carbocycles. The number of hydrogen-bond acceptors (Lipinski definition) is 2. The van der Waals surface area contributed by atoms with Gasteiger partial charge in [0, 0.05) is 23.8 Å². The van der Waals surface area contributed by atoms with E-state index in [-0.39, 0.29) is 0 Å². The first-order chi connectivity index (χ1) is 9.30. The Balaban J connectivity index is 2.04. The molecule has 2 aromatic heterocycles. The molecule has 96 valence electrons. The van der Waals surface area contributed by atoms with E-state index in [0.29, 0.717) is 6.54 Å². The van der Waals surface area contributed by atoms with Gasteiger partial charge in [0.25, 0.3) is 0 Å². The number of aryl methyl sites for hydroxylation is 1. The van der Waals surface area contributed by atoms with Gasteiger partial charge in [-0.3, -0.25) is 0 Å². The third-order valence-electron chi connectivity index (χ3n) is 3.45. The van der Waals surface area contributed by atoms with Crippen LogP contribution in [0, 0.1) is 0 Å². The van der Waals surface area contributed by atoms with Crippen molar-refractivity contribution in [3.05, 3.63) is 60.2 Å². The largest absolute Gasteiger partial charge is 0.325 e. The van der Waals surface area contributed by atoms with Crippen LogP contribution < -0.4 is 5.73 Å². The lowest BCUT2D eigenvalue weighted by Gasteiger charge is -1.99. The predicted molar refractivity (Wildman–Crippen MR) is 77.9 cm³/mol. The van der Waals surface area contributed by atoms with Crippen molar-refractivity contribution in [3.8, 4) is 11.1 Å². The Morgan fingerprint density at radius 3 is 2.58 bits per heavy atom. The number of fused-ring (bicyclic) bond motifs is 1. The Morgan fingerprint density at radius 2 is 1.89 bits per heavy atom. The highest BCUT2D eigenvalue weighted by molar-refractivity contribution is 5.70. The van der Waals surface area contributed by atoms with Gasteiger partial charge in [-0.05, 0) is 29.7 Å². The van der Waals surface area contributed by atoms with E-state index in [0.717, 1.165) is 17.6 Å². The van der Waals surface area contributed by atoms with Crippen LogP contribution in [0.15, 0.2) is 48.9 Å². The van der Waals surface area contributed by atoms with E-state index in [2.05, 4.69) is 48.4 Å². The van der Waals surface area contributed by atoms with Crippen molar-refractivity contribution < 1.29 is 0 Å². The fourth-order valence-corrected chi connectivity index (χ4v) is 2.26. The first kappa shape index (κ1) is 11.9. The lowest BCUT2D eigenvalue weighted by molar-refractivity contribution is 0.953. The summed E-state index contributed by atoms with van der Waals surface area (Å²) in [5.74, 6) is 0. The maximum atomic E-state index is 5.62. The predicted octanol–water partition coefficient (Wildman–Crippen LogP) is 3.02. The van der Waals surface area contributed by atoms with Crippen molar-refractivity contribution in [1.82, 2.24) is 9.38 Å². The van der Waals surface area contributed by atoms with Crippen LogP contribution in [0.4, 0.5) is 0 Å². The van der Waals surface area contributed by atoms with Gasteiger partial charge >= 0.3 is 0 Å². The molecule has 0 unspecified atom stereocenters. The highest BCUT2D eigenvalue weighted by Gasteiger charge is 2.03. The number of hydrogen-bond donors (Lipinski definition) is 1. The third-order valence-corrected chi connectivity index (χ3v) is 3.45. The maximum absolute atomic E-state index is 5.62. The Bertz CT molecular complexity index is 696. The minimum Gasteiger partial charge on any atom is -0.325 e. The molecule has 2 heterocycles. The Hall–Kier alpha value is -2.13. The quantitative estimate of drug-likeness (QED) is 0.777.